The Morgan fingerprint density at radius 3 is 2.91 bits per heavy atom. The fourth-order valence-corrected chi connectivity index (χ4v) is 2.86. The first-order valence-electron chi connectivity index (χ1n) is 7.80. The molecule has 3 aromatic rings. The number of nitrogens with zero attached hydrogens (tertiary/aromatic N) is 2. The molecule has 0 N–H and O–H groups in total. The van der Waals surface area contributed by atoms with E-state index in [1.165, 1.54) is 0 Å². The van der Waals surface area contributed by atoms with Crippen LogP contribution in [-0.2, 0) is 11.3 Å². The minimum absolute atomic E-state index is 0.277. The molecule has 0 fully saturated rings. The molecule has 2 heterocycles. The van der Waals surface area contributed by atoms with Crippen LogP contribution < -0.4 is 9.47 Å². The summed E-state index contributed by atoms with van der Waals surface area (Å²) in [5.74, 6) is 2.47. The van der Waals surface area contributed by atoms with Crippen molar-refractivity contribution in [2.45, 2.75) is 13.5 Å². The maximum atomic E-state index is 5.53. The third-order valence-corrected chi connectivity index (χ3v) is 3.95. The average Bonchev–Trinajstić information content (AvgIpc) is 3.19. The quantitative estimate of drug-likeness (QED) is 0.677. The summed E-state index contributed by atoms with van der Waals surface area (Å²) in [5.41, 5.74) is 3.11. The summed E-state index contributed by atoms with van der Waals surface area (Å²) in [5, 5.41) is 0. The van der Waals surface area contributed by atoms with Gasteiger partial charge in [-0.15, -0.1) is 0 Å². The molecule has 5 nitrogen and oxygen atoms in total. The summed E-state index contributed by atoms with van der Waals surface area (Å²) in [6.07, 6.45) is 0. The van der Waals surface area contributed by atoms with Crippen LogP contribution in [0.25, 0.3) is 22.4 Å². The number of aromatic nitrogens is 2. The van der Waals surface area contributed by atoms with Crippen LogP contribution in [0.5, 0.6) is 11.5 Å². The Morgan fingerprint density at radius 1 is 1.13 bits per heavy atom. The second-order valence-corrected chi connectivity index (χ2v) is 5.34. The number of rotatable bonds is 5. The monoisotopic (exact) mass is 310 g/mol. The molecule has 0 spiro atoms. The Kier molecular flexibility index (Phi) is 3.63. The lowest BCUT2D eigenvalue weighted by Crippen LogP contribution is -2.07. The highest BCUT2D eigenvalue weighted by Gasteiger charge is 2.17. The number of fused-ring (bicyclic) bond motifs is 2. The van der Waals surface area contributed by atoms with E-state index in [4.69, 9.17) is 19.2 Å². The summed E-state index contributed by atoms with van der Waals surface area (Å²) in [4.78, 5) is 4.80. The molecule has 5 heteroatoms. The zero-order valence-corrected chi connectivity index (χ0v) is 13.0. The summed E-state index contributed by atoms with van der Waals surface area (Å²) in [7, 11) is 0. The van der Waals surface area contributed by atoms with Crippen molar-refractivity contribution in [1.29, 1.82) is 0 Å². The van der Waals surface area contributed by atoms with Gasteiger partial charge in [-0.25, -0.2) is 4.98 Å². The van der Waals surface area contributed by atoms with Gasteiger partial charge in [0.05, 0.1) is 17.6 Å². The van der Waals surface area contributed by atoms with E-state index in [9.17, 15) is 0 Å². The van der Waals surface area contributed by atoms with Crippen molar-refractivity contribution < 1.29 is 14.2 Å². The van der Waals surface area contributed by atoms with Crippen LogP contribution in [0.4, 0.5) is 0 Å². The van der Waals surface area contributed by atoms with Gasteiger partial charge in [0.25, 0.3) is 0 Å². The van der Waals surface area contributed by atoms with Crippen molar-refractivity contribution in [3.63, 3.8) is 0 Å². The molecule has 1 aliphatic rings. The lowest BCUT2D eigenvalue weighted by atomic mass is 10.2. The molecule has 0 unspecified atom stereocenters. The largest absolute Gasteiger partial charge is 0.454 e. The van der Waals surface area contributed by atoms with E-state index in [0.29, 0.717) is 13.2 Å². The molecule has 23 heavy (non-hydrogen) atoms. The molecular weight excluding hydrogens is 292 g/mol. The van der Waals surface area contributed by atoms with Gasteiger partial charge >= 0.3 is 0 Å². The Morgan fingerprint density at radius 2 is 2.00 bits per heavy atom. The molecule has 0 aliphatic carbocycles. The number of benzene rings is 2. The highest BCUT2D eigenvalue weighted by molar-refractivity contribution is 5.81. The molecule has 118 valence electrons. The Labute approximate surface area is 134 Å². The van der Waals surface area contributed by atoms with Gasteiger partial charge in [0.2, 0.25) is 6.79 Å². The van der Waals surface area contributed by atoms with Crippen molar-refractivity contribution in [2.24, 2.45) is 0 Å². The van der Waals surface area contributed by atoms with Crippen LogP contribution in [0.2, 0.25) is 0 Å². The standard InChI is InChI=1S/C18H18N2O3/c1-2-21-10-9-20-15-6-4-3-5-14(15)19-18(20)13-7-8-16-17(11-13)23-12-22-16/h3-8,11H,2,9-10,12H2,1H3. The minimum Gasteiger partial charge on any atom is -0.454 e. The normalized spacial score (nSPS) is 12.9. The van der Waals surface area contributed by atoms with E-state index < -0.39 is 0 Å². The number of hydrogen-bond donors (Lipinski definition) is 0. The maximum absolute atomic E-state index is 5.53. The molecule has 4 rings (SSSR count). The van der Waals surface area contributed by atoms with Crippen LogP contribution in [0.1, 0.15) is 6.92 Å². The molecule has 0 atom stereocenters. The number of para-hydroxylation sites is 2. The predicted octanol–water partition coefficient (Wildman–Crippen LogP) is 3.47. The lowest BCUT2D eigenvalue weighted by molar-refractivity contribution is 0.140. The average molecular weight is 310 g/mol. The van der Waals surface area contributed by atoms with Crippen LogP contribution in [-0.4, -0.2) is 29.6 Å². The fraction of sp³-hybridized carbons (Fsp3) is 0.278. The van der Waals surface area contributed by atoms with E-state index in [-0.39, 0.29) is 6.79 Å². The molecule has 0 radical (unpaired) electrons. The summed E-state index contributed by atoms with van der Waals surface area (Å²) < 4.78 is 18.6. The van der Waals surface area contributed by atoms with Crippen molar-refractivity contribution >= 4 is 11.0 Å². The highest BCUT2D eigenvalue weighted by Crippen LogP contribution is 2.36. The van der Waals surface area contributed by atoms with Gasteiger partial charge in [0.1, 0.15) is 5.82 Å². The topological polar surface area (TPSA) is 45.5 Å². The molecule has 0 saturated carbocycles. The van der Waals surface area contributed by atoms with Crippen molar-refractivity contribution in [2.75, 3.05) is 20.0 Å². The first kappa shape index (κ1) is 14.1. The first-order chi connectivity index (χ1) is 11.4. The smallest absolute Gasteiger partial charge is 0.231 e. The van der Waals surface area contributed by atoms with Crippen LogP contribution in [0.3, 0.4) is 0 Å². The number of imidazole rings is 1. The Hall–Kier alpha value is -2.53. The summed E-state index contributed by atoms with van der Waals surface area (Å²) in [6, 6.07) is 14.1. The van der Waals surface area contributed by atoms with Crippen LogP contribution >= 0.6 is 0 Å². The van der Waals surface area contributed by atoms with E-state index in [2.05, 4.69) is 10.6 Å². The van der Waals surface area contributed by atoms with Gasteiger partial charge in [-0.2, -0.15) is 0 Å². The lowest BCUT2D eigenvalue weighted by Gasteiger charge is -2.10. The summed E-state index contributed by atoms with van der Waals surface area (Å²) in [6.45, 7) is 4.42. The van der Waals surface area contributed by atoms with Crippen molar-refractivity contribution in [1.82, 2.24) is 9.55 Å². The van der Waals surface area contributed by atoms with E-state index in [1.54, 1.807) is 0 Å². The van der Waals surface area contributed by atoms with Gasteiger partial charge in [0.15, 0.2) is 11.5 Å². The van der Waals surface area contributed by atoms with Gasteiger partial charge < -0.3 is 18.8 Å². The molecule has 1 aromatic heterocycles. The van der Waals surface area contributed by atoms with Crippen molar-refractivity contribution in [3.05, 3.63) is 42.5 Å². The predicted molar refractivity (Wildman–Crippen MR) is 87.8 cm³/mol. The van der Waals surface area contributed by atoms with Gasteiger partial charge in [-0.3, -0.25) is 0 Å². The molecule has 1 aliphatic heterocycles. The maximum Gasteiger partial charge on any atom is 0.231 e. The third kappa shape index (κ3) is 2.53. The third-order valence-electron chi connectivity index (χ3n) is 3.95. The Bertz CT molecular complexity index is 841. The first-order valence-corrected chi connectivity index (χ1v) is 7.80. The SMILES string of the molecule is CCOCCn1c(-c2ccc3c(c2)OCO3)nc2ccccc21. The van der Waals surface area contributed by atoms with E-state index >= 15 is 0 Å². The second-order valence-electron chi connectivity index (χ2n) is 5.34. The zero-order valence-electron chi connectivity index (χ0n) is 13.0. The van der Waals surface area contributed by atoms with E-state index in [1.807, 2.05) is 43.3 Å². The Balaban J connectivity index is 1.80. The van der Waals surface area contributed by atoms with Crippen LogP contribution in [0, 0.1) is 0 Å². The number of hydrogen-bond acceptors (Lipinski definition) is 4. The molecule has 2 aromatic carbocycles. The summed E-state index contributed by atoms with van der Waals surface area (Å²) >= 11 is 0. The molecule has 0 amide bonds. The highest BCUT2D eigenvalue weighted by atomic mass is 16.7. The van der Waals surface area contributed by atoms with Gasteiger partial charge in [-0.1, -0.05) is 12.1 Å². The van der Waals surface area contributed by atoms with Crippen LogP contribution in [0.15, 0.2) is 42.5 Å². The van der Waals surface area contributed by atoms with Crippen molar-refractivity contribution in [3.8, 4) is 22.9 Å². The fourth-order valence-electron chi connectivity index (χ4n) is 2.86. The van der Waals surface area contributed by atoms with Gasteiger partial charge in [-0.05, 0) is 37.3 Å². The minimum atomic E-state index is 0.277. The van der Waals surface area contributed by atoms with Gasteiger partial charge in [0, 0.05) is 18.7 Å². The number of ether oxygens (including phenoxy) is 3. The molecule has 0 bridgehead atoms. The molecular formula is C18H18N2O3. The molecule has 0 saturated heterocycles. The van der Waals surface area contributed by atoms with E-state index in [0.717, 1.165) is 40.5 Å². The zero-order chi connectivity index (χ0) is 15.6. The second kappa shape index (κ2) is 5.93.